The summed E-state index contributed by atoms with van der Waals surface area (Å²) in [4.78, 5) is 30.2. The molecule has 0 spiro atoms. The van der Waals surface area contributed by atoms with Gasteiger partial charge in [-0.05, 0) is 11.0 Å². The van der Waals surface area contributed by atoms with Crippen LogP contribution in [0.4, 0.5) is 0 Å². The van der Waals surface area contributed by atoms with Crippen LogP contribution in [0, 0.1) is 0 Å². The van der Waals surface area contributed by atoms with Crippen molar-refractivity contribution < 1.29 is 24.7 Å². The molecule has 7 N–H and O–H groups in total. The predicted molar refractivity (Wildman–Crippen MR) is 89.8 cm³/mol. The van der Waals surface area contributed by atoms with Gasteiger partial charge in [-0.1, -0.05) is 24.3 Å². The van der Waals surface area contributed by atoms with Crippen LogP contribution in [0.1, 0.15) is 11.3 Å². The van der Waals surface area contributed by atoms with E-state index in [2.05, 4.69) is 15.3 Å². The molecule has 1 heterocycles. The number of carbonyl (C=O) groups excluding carboxylic acids is 1. The first kappa shape index (κ1) is 18.7. The Hall–Kier alpha value is -2.69. The van der Waals surface area contributed by atoms with Crippen molar-refractivity contribution in [3.8, 4) is 0 Å². The van der Waals surface area contributed by atoms with Crippen molar-refractivity contribution in [1.29, 1.82) is 0 Å². The standard InChI is InChI=1S/C15H19BN4O5/c17-12(6-11-7-18-8-19-11)14(21)20-13(15(22)23)5-9-1-3-10(4-2-9)16(24)25/h1-4,7-8,12-13,24-25H,5-6,17H2,(H,18,19)(H,20,21)(H,22,23)/t12-,13-/m0/s1. The molecule has 0 bridgehead atoms. The van der Waals surface area contributed by atoms with E-state index in [0.717, 1.165) is 0 Å². The number of aromatic amines is 1. The first-order valence-corrected chi connectivity index (χ1v) is 7.58. The molecule has 0 aliphatic carbocycles. The fourth-order valence-corrected chi connectivity index (χ4v) is 2.27. The van der Waals surface area contributed by atoms with Gasteiger partial charge in [-0.2, -0.15) is 0 Å². The second kappa shape index (κ2) is 8.42. The summed E-state index contributed by atoms with van der Waals surface area (Å²) in [6.07, 6.45) is 3.26. The minimum absolute atomic E-state index is 0.0413. The lowest BCUT2D eigenvalue weighted by molar-refractivity contribution is -0.141. The van der Waals surface area contributed by atoms with Gasteiger partial charge in [-0.3, -0.25) is 4.79 Å². The highest BCUT2D eigenvalue weighted by molar-refractivity contribution is 6.58. The number of nitrogens with two attached hydrogens (primary N) is 1. The van der Waals surface area contributed by atoms with Gasteiger partial charge in [0, 0.05) is 24.7 Å². The van der Waals surface area contributed by atoms with Crippen molar-refractivity contribution in [3.05, 3.63) is 48.0 Å². The van der Waals surface area contributed by atoms with E-state index in [9.17, 15) is 14.7 Å². The van der Waals surface area contributed by atoms with Gasteiger partial charge < -0.3 is 31.2 Å². The summed E-state index contributed by atoms with van der Waals surface area (Å²) in [5.41, 5.74) is 7.39. The Kier molecular flexibility index (Phi) is 6.28. The molecule has 0 radical (unpaired) electrons. The third-order valence-electron chi connectivity index (χ3n) is 3.66. The Morgan fingerprint density at radius 1 is 1.24 bits per heavy atom. The Balaban J connectivity index is 1.97. The molecule has 132 valence electrons. The minimum Gasteiger partial charge on any atom is -0.480 e. The number of carboxylic acids is 1. The molecule has 0 aliphatic rings. The van der Waals surface area contributed by atoms with Crippen molar-refractivity contribution in [2.45, 2.75) is 24.9 Å². The molecule has 0 fully saturated rings. The Labute approximate surface area is 144 Å². The van der Waals surface area contributed by atoms with Crippen LogP contribution in [-0.2, 0) is 22.4 Å². The normalized spacial score (nSPS) is 13.1. The van der Waals surface area contributed by atoms with Crippen molar-refractivity contribution in [2.24, 2.45) is 5.73 Å². The van der Waals surface area contributed by atoms with Gasteiger partial charge in [0.2, 0.25) is 5.91 Å². The van der Waals surface area contributed by atoms with Crippen LogP contribution in [0.15, 0.2) is 36.8 Å². The molecule has 1 aromatic heterocycles. The Morgan fingerprint density at radius 2 is 1.92 bits per heavy atom. The lowest BCUT2D eigenvalue weighted by atomic mass is 9.80. The van der Waals surface area contributed by atoms with Gasteiger partial charge in [0.25, 0.3) is 0 Å². The van der Waals surface area contributed by atoms with Gasteiger partial charge in [-0.15, -0.1) is 0 Å². The molecule has 2 aromatic rings. The zero-order chi connectivity index (χ0) is 18.4. The monoisotopic (exact) mass is 346 g/mol. The molecular weight excluding hydrogens is 327 g/mol. The Bertz CT molecular complexity index is 705. The maximum Gasteiger partial charge on any atom is 0.488 e. The molecule has 10 heteroatoms. The smallest absolute Gasteiger partial charge is 0.480 e. The summed E-state index contributed by atoms with van der Waals surface area (Å²) < 4.78 is 0. The number of benzene rings is 1. The lowest BCUT2D eigenvalue weighted by Crippen LogP contribution is -2.50. The quantitative estimate of drug-likeness (QED) is 0.295. The van der Waals surface area contributed by atoms with Crippen LogP contribution in [0.3, 0.4) is 0 Å². The fourth-order valence-electron chi connectivity index (χ4n) is 2.27. The van der Waals surface area contributed by atoms with E-state index in [1.807, 2.05) is 0 Å². The second-order valence-electron chi connectivity index (χ2n) is 5.61. The lowest BCUT2D eigenvalue weighted by Gasteiger charge is -2.18. The highest BCUT2D eigenvalue weighted by atomic mass is 16.4. The van der Waals surface area contributed by atoms with Crippen LogP contribution in [0.2, 0.25) is 0 Å². The molecule has 0 unspecified atom stereocenters. The van der Waals surface area contributed by atoms with Crippen molar-refractivity contribution in [2.75, 3.05) is 0 Å². The summed E-state index contributed by atoms with van der Waals surface area (Å²) in [5, 5.41) is 29.8. The molecular formula is C15H19BN4O5. The van der Waals surface area contributed by atoms with E-state index in [1.54, 1.807) is 18.3 Å². The predicted octanol–water partition coefficient (Wildman–Crippen LogP) is -2.23. The van der Waals surface area contributed by atoms with E-state index in [-0.39, 0.29) is 12.8 Å². The minimum atomic E-state index is -1.59. The summed E-state index contributed by atoms with van der Waals surface area (Å²) in [6, 6.07) is 4.04. The number of amides is 1. The molecule has 2 atom stereocenters. The summed E-state index contributed by atoms with van der Waals surface area (Å²) >= 11 is 0. The Morgan fingerprint density at radius 3 is 2.44 bits per heavy atom. The number of nitrogens with one attached hydrogen (secondary N) is 2. The number of carboxylic acid groups (broad SMARTS) is 1. The summed E-state index contributed by atoms with van der Waals surface area (Å²) in [5.74, 6) is -1.77. The molecule has 2 rings (SSSR count). The molecule has 1 amide bonds. The second-order valence-corrected chi connectivity index (χ2v) is 5.61. The van der Waals surface area contributed by atoms with Gasteiger partial charge in [-0.25, -0.2) is 9.78 Å². The third-order valence-corrected chi connectivity index (χ3v) is 3.66. The number of hydrogen-bond acceptors (Lipinski definition) is 6. The van der Waals surface area contributed by atoms with E-state index in [4.69, 9.17) is 15.8 Å². The van der Waals surface area contributed by atoms with Crippen LogP contribution in [-0.4, -0.2) is 56.2 Å². The van der Waals surface area contributed by atoms with E-state index >= 15 is 0 Å². The van der Waals surface area contributed by atoms with Crippen molar-refractivity contribution in [1.82, 2.24) is 15.3 Å². The fraction of sp³-hybridized carbons (Fsp3) is 0.267. The van der Waals surface area contributed by atoms with Crippen molar-refractivity contribution in [3.63, 3.8) is 0 Å². The molecule has 1 aromatic carbocycles. The van der Waals surface area contributed by atoms with Crippen LogP contribution >= 0.6 is 0 Å². The van der Waals surface area contributed by atoms with Crippen LogP contribution < -0.4 is 16.5 Å². The SMILES string of the molecule is N[C@@H](Cc1cnc[nH]1)C(=O)N[C@@H](Cc1ccc(B(O)O)cc1)C(=O)O. The zero-order valence-electron chi connectivity index (χ0n) is 13.3. The number of rotatable bonds is 8. The van der Waals surface area contributed by atoms with Gasteiger partial charge >= 0.3 is 13.1 Å². The number of imidazole rings is 1. The van der Waals surface area contributed by atoms with Gasteiger partial charge in [0.15, 0.2) is 0 Å². The molecule has 25 heavy (non-hydrogen) atoms. The highest BCUT2D eigenvalue weighted by Gasteiger charge is 2.24. The first-order chi connectivity index (χ1) is 11.9. The van der Waals surface area contributed by atoms with Gasteiger partial charge in [0.05, 0.1) is 12.4 Å². The number of carbonyl (C=O) groups is 2. The number of aromatic nitrogens is 2. The largest absolute Gasteiger partial charge is 0.488 e. The van der Waals surface area contributed by atoms with Crippen molar-refractivity contribution >= 4 is 24.5 Å². The van der Waals surface area contributed by atoms with Crippen LogP contribution in [0.5, 0.6) is 0 Å². The average Bonchev–Trinajstić information content (AvgIpc) is 3.07. The molecule has 0 saturated heterocycles. The first-order valence-electron chi connectivity index (χ1n) is 7.58. The number of hydrogen-bond donors (Lipinski definition) is 6. The number of H-pyrrole nitrogens is 1. The number of nitrogens with zero attached hydrogens (tertiary/aromatic N) is 1. The molecule has 0 saturated carbocycles. The topological polar surface area (TPSA) is 162 Å². The third kappa shape index (κ3) is 5.42. The zero-order valence-corrected chi connectivity index (χ0v) is 13.3. The van der Waals surface area contributed by atoms with E-state index in [1.165, 1.54) is 18.5 Å². The number of aliphatic carboxylic acids is 1. The van der Waals surface area contributed by atoms with E-state index < -0.39 is 31.1 Å². The van der Waals surface area contributed by atoms with Gasteiger partial charge in [0.1, 0.15) is 6.04 Å². The van der Waals surface area contributed by atoms with E-state index in [0.29, 0.717) is 16.7 Å². The average molecular weight is 346 g/mol. The molecule has 0 aliphatic heterocycles. The highest BCUT2D eigenvalue weighted by Crippen LogP contribution is 2.04. The maximum absolute atomic E-state index is 12.1. The van der Waals surface area contributed by atoms with Crippen LogP contribution in [0.25, 0.3) is 0 Å². The summed E-state index contributed by atoms with van der Waals surface area (Å²) in [7, 11) is -1.59. The maximum atomic E-state index is 12.1. The molecule has 9 nitrogen and oxygen atoms in total. The summed E-state index contributed by atoms with van der Waals surface area (Å²) in [6.45, 7) is 0.